The Bertz CT molecular complexity index is 75.0. The molecule has 1 aliphatic heterocycles. The molecule has 54 valence electrons. The lowest BCUT2D eigenvalue weighted by atomic mass is 10.2. The van der Waals surface area contributed by atoms with Gasteiger partial charge < -0.3 is 10.4 Å². The van der Waals surface area contributed by atoms with Gasteiger partial charge in [0.1, 0.15) is 0 Å². The number of aliphatic hydroxyl groups excluding tert-OH is 1. The zero-order valence-electron chi connectivity index (χ0n) is 5.93. The van der Waals surface area contributed by atoms with Gasteiger partial charge in [0.15, 0.2) is 0 Å². The Labute approximate surface area is 56.3 Å². The van der Waals surface area contributed by atoms with Crippen LogP contribution in [0.2, 0.25) is 0 Å². The molecule has 9 heavy (non-hydrogen) atoms. The highest BCUT2D eigenvalue weighted by atomic mass is 16.3. The maximum absolute atomic E-state index is 8.72. The van der Waals surface area contributed by atoms with Gasteiger partial charge in [-0.3, -0.25) is 0 Å². The molecule has 2 N–H and O–H groups in total. The summed E-state index contributed by atoms with van der Waals surface area (Å²) >= 11 is 0. The fourth-order valence-electron chi connectivity index (χ4n) is 1.37. The molecule has 2 heteroatoms. The van der Waals surface area contributed by atoms with E-state index < -0.39 is 0 Å². The van der Waals surface area contributed by atoms with Gasteiger partial charge in [0.05, 0.1) is 6.61 Å². The fraction of sp³-hybridized carbons (Fsp3) is 1.00. The van der Waals surface area contributed by atoms with Gasteiger partial charge in [-0.25, -0.2) is 0 Å². The molecular formula is C7H15NO. The van der Waals surface area contributed by atoms with Crippen molar-refractivity contribution in [2.45, 2.75) is 38.3 Å². The maximum Gasteiger partial charge on any atom is 0.0584 e. The number of rotatable bonds is 2. The van der Waals surface area contributed by atoms with E-state index in [4.69, 9.17) is 5.11 Å². The van der Waals surface area contributed by atoms with Crippen molar-refractivity contribution in [3.8, 4) is 0 Å². The Hall–Kier alpha value is -0.0800. The van der Waals surface area contributed by atoms with Crippen molar-refractivity contribution >= 4 is 0 Å². The second-order valence-electron chi connectivity index (χ2n) is 2.73. The van der Waals surface area contributed by atoms with Crippen molar-refractivity contribution in [2.24, 2.45) is 0 Å². The highest BCUT2D eigenvalue weighted by Crippen LogP contribution is 2.13. The molecule has 2 unspecified atom stereocenters. The monoisotopic (exact) mass is 129 g/mol. The summed E-state index contributed by atoms with van der Waals surface area (Å²) in [5, 5.41) is 12.1. The van der Waals surface area contributed by atoms with E-state index in [1.54, 1.807) is 0 Å². The second-order valence-corrected chi connectivity index (χ2v) is 2.73. The van der Waals surface area contributed by atoms with Crippen molar-refractivity contribution < 1.29 is 5.11 Å². The molecule has 0 saturated carbocycles. The van der Waals surface area contributed by atoms with Crippen LogP contribution in [0.15, 0.2) is 0 Å². The topological polar surface area (TPSA) is 32.3 Å². The quantitative estimate of drug-likeness (QED) is 0.569. The summed E-state index contributed by atoms with van der Waals surface area (Å²) < 4.78 is 0. The highest BCUT2D eigenvalue weighted by molar-refractivity contribution is 4.81. The third kappa shape index (κ3) is 1.66. The first kappa shape index (κ1) is 7.03. The Morgan fingerprint density at radius 2 is 2.11 bits per heavy atom. The van der Waals surface area contributed by atoms with E-state index in [0.29, 0.717) is 18.7 Å². The van der Waals surface area contributed by atoms with Gasteiger partial charge in [-0.15, -0.1) is 0 Å². The van der Waals surface area contributed by atoms with Crippen molar-refractivity contribution in [1.29, 1.82) is 0 Å². The first-order valence-corrected chi connectivity index (χ1v) is 3.73. The number of hydrogen-bond donors (Lipinski definition) is 2. The van der Waals surface area contributed by atoms with Crippen LogP contribution < -0.4 is 5.32 Å². The maximum atomic E-state index is 8.72. The molecule has 1 aliphatic rings. The lowest BCUT2D eigenvalue weighted by Crippen LogP contribution is -2.31. The molecule has 1 fully saturated rings. The molecule has 2 atom stereocenters. The lowest BCUT2D eigenvalue weighted by Gasteiger charge is -2.08. The summed E-state index contributed by atoms with van der Waals surface area (Å²) in [4.78, 5) is 0. The molecule has 1 saturated heterocycles. The summed E-state index contributed by atoms with van der Waals surface area (Å²) in [6.07, 6.45) is 3.58. The van der Waals surface area contributed by atoms with E-state index in [9.17, 15) is 0 Å². The van der Waals surface area contributed by atoms with Crippen molar-refractivity contribution in [2.75, 3.05) is 6.61 Å². The van der Waals surface area contributed by atoms with E-state index >= 15 is 0 Å². The van der Waals surface area contributed by atoms with Gasteiger partial charge in [0.2, 0.25) is 0 Å². The van der Waals surface area contributed by atoms with Crippen LogP contribution in [0.25, 0.3) is 0 Å². The van der Waals surface area contributed by atoms with E-state index in [0.717, 1.165) is 6.42 Å². The summed E-state index contributed by atoms with van der Waals surface area (Å²) in [6.45, 7) is 2.48. The van der Waals surface area contributed by atoms with Crippen molar-refractivity contribution in [1.82, 2.24) is 5.32 Å². The third-order valence-corrected chi connectivity index (χ3v) is 2.05. The van der Waals surface area contributed by atoms with Crippen molar-refractivity contribution in [3.63, 3.8) is 0 Å². The Morgan fingerprint density at radius 3 is 2.44 bits per heavy atom. The molecular weight excluding hydrogens is 114 g/mol. The normalized spacial score (nSPS) is 35.3. The molecule has 1 rings (SSSR count). The van der Waals surface area contributed by atoms with E-state index in [-0.39, 0.29) is 0 Å². The predicted octanol–water partition coefficient (Wildman–Crippen LogP) is 0.509. The first-order valence-electron chi connectivity index (χ1n) is 3.73. The fourth-order valence-corrected chi connectivity index (χ4v) is 1.37. The van der Waals surface area contributed by atoms with Crippen LogP contribution in [0.4, 0.5) is 0 Å². The molecule has 0 bridgehead atoms. The van der Waals surface area contributed by atoms with E-state index in [1.165, 1.54) is 12.8 Å². The zero-order valence-corrected chi connectivity index (χ0v) is 5.93. The lowest BCUT2D eigenvalue weighted by molar-refractivity contribution is 0.251. The molecule has 0 aromatic rings. The number of nitrogens with one attached hydrogen (secondary N) is 1. The van der Waals surface area contributed by atoms with Gasteiger partial charge in [-0.1, -0.05) is 6.92 Å². The molecule has 2 nitrogen and oxygen atoms in total. The smallest absolute Gasteiger partial charge is 0.0584 e. The van der Waals surface area contributed by atoms with Crippen LogP contribution in [0.5, 0.6) is 0 Å². The molecule has 0 aromatic heterocycles. The first-order chi connectivity index (χ1) is 4.36. The van der Waals surface area contributed by atoms with E-state index in [1.807, 2.05) is 0 Å². The third-order valence-electron chi connectivity index (χ3n) is 2.05. The number of hydrogen-bond acceptors (Lipinski definition) is 2. The van der Waals surface area contributed by atoms with Gasteiger partial charge in [0.25, 0.3) is 0 Å². The summed E-state index contributed by atoms with van der Waals surface area (Å²) in [7, 11) is 0. The van der Waals surface area contributed by atoms with Gasteiger partial charge in [-0.05, 0) is 19.3 Å². The SMILES string of the molecule is CCC1CCC(CO)N1. The van der Waals surface area contributed by atoms with Crippen LogP contribution >= 0.6 is 0 Å². The molecule has 1 heterocycles. The summed E-state index contributed by atoms with van der Waals surface area (Å²) in [5.74, 6) is 0. The Morgan fingerprint density at radius 1 is 1.44 bits per heavy atom. The zero-order chi connectivity index (χ0) is 6.69. The average Bonchev–Trinajstić information content (AvgIpc) is 2.34. The van der Waals surface area contributed by atoms with Crippen LogP contribution in [0.1, 0.15) is 26.2 Å². The minimum absolute atomic E-state index is 0.302. The Kier molecular flexibility index (Phi) is 2.49. The molecule has 0 amide bonds. The van der Waals surface area contributed by atoms with Gasteiger partial charge in [0, 0.05) is 12.1 Å². The van der Waals surface area contributed by atoms with Gasteiger partial charge in [-0.2, -0.15) is 0 Å². The average molecular weight is 129 g/mol. The van der Waals surface area contributed by atoms with Crippen LogP contribution in [0, 0.1) is 0 Å². The van der Waals surface area contributed by atoms with E-state index in [2.05, 4.69) is 12.2 Å². The summed E-state index contributed by atoms with van der Waals surface area (Å²) in [6, 6.07) is 1.05. The second kappa shape index (κ2) is 3.18. The van der Waals surface area contributed by atoms with Crippen LogP contribution in [-0.4, -0.2) is 23.8 Å². The predicted molar refractivity (Wildman–Crippen MR) is 37.3 cm³/mol. The minimum Gasteiger partial charge on any atom is -0.395 e. The number of aliphatic hydroxyl groups is 1. The molecule has 0 aromatic carbocycles. The van der Waals surface area contributed by atoms with Crippen LogP contribution in [0.3, 0.4) is 0 Å². The molecule has 0 spiro atoms. The Balaban J connectivity index is 2.20. The highest BCUT2D eigenvalue weighted by Gasteiger charge is 2.20. The molecule has 0 aliphatic carbocycles. The summed E-state index contributed by atoms with van der Waals surface area (Å²) in [5.41, 5.74) is 0. The molecule has 0 radical (unpaired) electrons. The standard InChI is InChI=1S/C7H15NO/c1-2-6-3-4-7(5-9)8-6/h6-9H,2-5H2,1H3. The van der Waals surface area contributed by atoms with Gasteiger partial charge >= 0.3 is 0 Å². The largest absolute Gasteiger partial charge is 0.395 e. The van der Waals surface area contributed by atoms with Crippen molar-refractivity contribution in [3.05, 3.63) is 0 Å². The van der Waals surface area contributed by atoms with Crippen LogP contribution in [-0.2, 0) is 0 Å². The minimum atomic E-state index is 0.302.